The fraction of sp³-hybridized carbons (Fsp3) is 0.706. The standard InChI is InChI=1S/C17H26BFN2O3/c1-12(21-6-8-22-9-7-21)13-10-14(15(19)20-11-13)18-23-16(2,3)17(4,5)24-18/h10-12H,6-9H2,1-5H3. The van der Waals surface area contributed by atoms with Crippen molar-refractivity contribution in [1.82, 2.24) is 9.88 Å². The van der Waals surface area contributed by atoms with Gasteiger partial charge in [0.15, 0.2) is 0 Å². The summed E-state index contributed by atoms with van der Waals surface area (Å²) in [6.07, 6.45) is 1.60. The van der Waals surface area contributed by atoms with E-state index < -0.39 is 24.3 Å². The highest BCUT2D eigenvalue weighted by atomic mass is 19.1. The molecule has 2 aliphatic heterocycles. The van der Waals surface area contributed by atoms with E-state index in [-0.39, 0.29) is 6.04 Å². The Hall–Kier alpha value is -1.02. The predicted octanol–water partition coefficient (Wildman–Crippen LogP) is 1.91. The molecule has 3 heterocycles. The van der Waals surface area contributed by atoms with Crippen molar-refractivity contribution in [3.05, 3.63) is 23.8 Å². The molecular weight excluding hydrogens is 310 g/mol. The fourth-order valence-corrected chi connectivity index (χ4v) is 3.02. The van der Waals surface area contributed by atoms with Crippen LogP contribution in [0.15, 0.2) is 12.3 Å². The van der Waals surface area contributed by atoms with Gasteiger partial charge in [0.05, 0.1) is 24.4 Å². The van der Waals surface area contributed by atoms with Crippen LogP contribution >= 0.6 is 0 Å². The Kier molecular flexibility index (Phi) is 4.72. The lowest BCUT2D eigenvalue weighted by Gasteiger charge is -2.32. The molecule has 1 unspecified atom stereocenters. The lowest BCUT2D eigenvalue weighted by atomic mass is 9.79. The SMILES string of the molecule is CC(c1cnc(F)c(B2OC(C)(C)C(C)(C)O2)c1)N1CCOCC1. The summed E-state index contributed by atoms with van der Waals surface area (Å²) in [5.41, 5.74) is 0.320. The van der Waals surface area contributed by atoms with Gasteiger partial charge in [0.1, 0.15) is 0 Å². The molecular formula is C17H26BFN2O3. The maximum absolute atomic E-state index is 14.3. The molecule has 7 heteroatoms. The van der Waals surface area contributed by atoms with Gasteiger partial charge >= 0.3 is 7.12 Å². The van der Waals surface area contributed by atoms with Crippen LogP contribution in [0.2, 0.25) is 0 Å². The van der Waals surface area contributed by atoms with Crippen molar-refractivity contribution in [2.75, 3.05) is 26.3 Å². The largest absolute Gasteiger partial charge is 0.499 e. The lowest BCUT2D eigenvalue weighted by molar-refractivity contribution is 0.00578. The maximum atomic E-state index is 14.3. The van der Waals surface area contributed by atoms with Crippen molar-refractivity contribution in [2.24, 2.45) is 0 Å². The molecule has 0 aliphatic carbocycles. The number of ether oxygens (including phenoxy) is 1. The highest BCUT2D eigenvalue weighted by Crippen LogP contribution is 2.36. The summed E-state index contributed by atoms with van der Waals surface area (Å²) in [5.74, 6) is -0.536. The number of halogens is 1. The Morgan fingerprint density at radius 1 is 1.17 bits per heavy atom. The molecule has 0 spiro atoms. The minimum absolute atomic E-state index is 0.142. The highest BCUT2D eigenvalue weighted by molar-refractivity contribution is 6.62. The highest BCUT2D eigenvalue weighted by Gasteiger charge is 2.52. The number of nitrogens with zero attached hydrogens (tertiary/aromatic N) is 2. The van der Waals surface area contributed by atoms with Crippen molar-refractivity contribution in [1.29, 1.82) is 0 Å². The molecule has 0 N–H and O–H groups in total. The first-order chi connectivity index (χ1) is 11.2. The van der Waals surface area contributed by atoms with Gasteiger partial charge in [0.25, 0.3) is 0 Å². The molecule has 1 aromatic heterocycles. The molecule has 0 amide bonds. The zero-order valence-electron chi connectivity index (χ0n) is 15.1. The van der Waals surface area contributed by atoms with Crippen LogP contribution < -0.4 is 5.46 Å². The summed E-state index contributed by atoms with van der Waals surface area (Å²) < 4.78 is 31.7. The average molecular weight is 336 g/mol. The van der Waals surface area contributed by atoms with Crippen molar-refractivity contribution in [3.63, 3.8) is 0 Å². The molecule has 3 rings (SSSR count). The van der Waals surface area contributed by atoms with Crippen LogP contribution in [0, 0.1) is 5.95 Å². The van der Waals surface area contributed by atoms with E-state index in [2.05, 4.69) is 16.8 Å². The molecule has 24 heavy (non-hydrogen) atoms. The van der Waals surface area contributed by atoms with Crippen LogP contribution in [0.5, 0.6) is 0 Å². The zero-order valence-corrected chi connectivity index (χ0v) is 15.1. The summed E-state index contributed by atoms with van der Waals surface area (Å²) >= 11 is 0. The monoisotopic (exact) mass is 336 g/mol. The molecule has 1 atom stereocenters. The Balaban J connectivity index is 1.84. The molecule has 2 aliphatic rings. The van der Waals surface area contributed by atoms with Gasteiger partial charge in [-0.05, 0) is 40.2 Å². The molecule has 0 radical (unpaired) electrons. The first-order valence-corrected chi connectivity index (χ1v) is 8.54. The van der Waals surface area contributed by atoms with E-state index >= 15 is 0 Å². The topological polar surface area (TPSA) is 43.8 Å². The normalized spacial score (nSPS) is 25.0. The second-order valence-electron chi connectivity index (χ2n) is 7.56. The molecule has 132 valence electrons. The van der Waals surface area contributed by atoms with E-state index in [0.717, 1.165) is 31.9 Å². The number of aromatic nitrogens is 1. The lowest BCUT2D eigenvalue weighted by Crippen LogP contribution is -2.41. The Bertz CT molecular complexity index is 589. The molecule has 1 aromatic rings. The molecule has 0 aromatic carbocycles. The van der Waals surface area contributed by atoms with Crippen LogP contribution in [-0.2, 0) is 14.0 Å². The third kappa shape index (κ3) is 3.22. The van der Waals surface area contributed by atoms with Crippen molar-refractivity contribution in [3.8, 4) is 0 Å². The van der Waals surface area contributed by atoms with Crippen molar-refractivity contribution >= 4 is 12.6 Å². The van der Waals surface area contributed by atoms with Crippen molar-refractivity contribution < 1.29 is 18.4 Å². The van der Waals surface area contributed by atoms with Crippen LogP contribution in [0.3, 0.4) is 0 Å². The van der Waals surface area contributed by atoms with Gasteiger partial charge in [-0.3, -0.25) is 4.90 Å². The second kappa shape index (κ2) is 6.37. The van der Waals surface area contributed by atoms with Gasteiger partial charge in [0.2, 0.25) is 5.95 Å². The number of morpholine rings is 1. The number of hydrogen-bond donors (Lipinski definition) is 0. The number of rotatable bonds is 3. The average Bonchev–Trinajstić information content (AvgIpc) is 2.76. The van der Waals surface area contributed by atoms with Crippen LogP contribution in [0.1, 0.15) is 46.2 Å². The van der Waals surface area contributed by atoms with Crippen LogP contribution in [0.25, 0.3) is 0 Å². The van der Waals surface area contributed by atoms with Gasteiger partial charge in [-0.2, -0.15) is 4.39 Å². The van der Waals surface area contributed by atoms with E-state index in [4.69, 9.17) is 14.0 Å². The van der Waals surface area contributed by atoms with Gasteiger partial charge in [0, 0.05) is 30.8 Å². The molecule has 0 bridgehead atoms. The Labute approximate surface area is 143 Å². The summed E-state index contributed by atoms with van der Waals surface area (Å²) in [4.78, 5) is 6.26. The first-order valence-electron chi connectivity index (χ1n) is 8.54. The van der Waals surface area contributed by atoms with Crippen molar-refractivity contribution in [2.45, 2.75) is 51.9 Å². The minimum Gasteiger partial charge on any atom is -0.399 e. The molecule has 2 fully saturated rings. The summed E-state index contributed by atoms with van der Waals surface area (Å²) in [6, 6.07) is 1.97. The number of pyridine rings is 1. The summed E-state index contributed by atoms with van der Waals surface area (Å²) in [6.45, 7) is 13.1. The third-order valence-electron chi connectivity index (χ3n) is 5.47. The van der Waals surface area contributed by atoms with Gasteiger partial charge in [-0.15, -0.1) is 0 Å². The van der Waals surface area contributed by atoms with E-state index in [0.29, 0.717) is 5.46 Å². The zero-order chi connectivity index (χ0) is 17.5. The van der Waals surface area contributed by atoms with E-state index in [9.17, 15) is 4.39 Å². The molecule has 0 saturated carbocycles. The predicted molar refractivity (Wildman–Crippen MR) is 90.7 cm³/mol. The third-order valence-corrected chi connectivity index (χ3v) is 5.47. The molecule has 2 saturated heterocycles. The van der Waals surface area contributed by atoms with Gasteiger partial charge < -0.3 is 14.0 Å². The Morgan fingerprint density at radius 2 is 1.75 bits per heavy atom. The first kappa shape index (κ1) is 17.8. The number of hydrogen-bond acceptors (Lipinski definition) is 5. The molecule has 5 nitrogen and oxygen atoms in total. The van der Waals surface area contributed by atoms with E-state index in [1.54, 1.807) is 6.20 Å². The Morgan fingerprint density at radius 3 is 2.33 bits per heavy atom. The van der Waals surface area contributed by atoms with Crippen LogP contribution in [-0.4, -0.2) is 54.5 Å². The van der Waals surface area contributed by atoms with E-state index in [1.165, 1.54) is 0 Å². The quantitative estimate of drug-likeness (QED) is 0.623. The fourth-order valence-electron chi connectivity index (χ4n) is 3.02. The van der Waals surface area contributed by atoms with Crippen LogP contribution in [0.4, 0.5) is 4.39 Å². The minimum atomic E-state index is -0.737. The summed E-state index contributed by atoms with van der Waals surface area (Å²) in [5, 5.41) is 0. The second-order valence-corrected chi connectivity index (χ2v) is 7.56. The maximum Gasteiger partial charge on any atom is 0.499 e. The van der Waals surface area contributed by atoms with Gasteiger partial charge in [-0.1, -0.05) is 6.07 Å². The smallest absolute Gasteiger partial charge is 0.399 e. The van der Waals surface area contributed by atoms with E-state index in [1.807, 2.05) is 33.8 Å². The summed E-state index contributed by atoms with van der Waals surface area (Å²) in [7, 11) is -0.737. The van der Waals surface area contributed by atoms with Gasteiger partial charge in [-0.25, -0.2) is 4.98 Å².